The van der Waals surface area contributed by atoms with Gasteiger partial charge in [0.15, 0.2) is 0 Å². The molecule has 0 saturated carbocycles. The van der Waals surface area contributed by atoms with Crippen LogP contribution in [0, 0.1) is 0 Å². The molecule has 0 radical (unpaired) electrons. The quantitative estimate of drug-likeness (QED) is 0.332. The molecule has 0 spiro atoms. The summed E-state index contributed by atoms with van der Waals surface area (Å²) < 4.78 is 17.8. The van der Waals surface area contributed by atoms with Crippen LogP contribution in [0.5, 0.6) is 0 Å². The van der Waals surface area contributed by atoms with Gasteiger partial charge in [-0.3, -0.25) is 0 Å². The molecule has 14 heteroatoms. The minimum absolute atomic E-state index is 0. The second-order valence-electron chi connectivity index (χ2n) is 1.61. The molecule has 5 N–H and O–H groups in total. The molecule has 14 heavy (non-hydrogen) atoms. The smallest absolute Gasteiger partial charge is 0.324 e. The van der Waals surface area contributed by atoms with Crippen LogP contribution in [0.15, 0.2) is 0 Å². The van der Waals surface area contributed by atoms with E-state index in [1.54, 1.807) is 0 Å². The minimum Gasteiger partial charge on any atom is -0.324 e. The summed E-state index contributed by atoms with van der Waals surface area (Å²) >= 11 is 7.65. The third-order valence-electron chi connectivity index (χ3n) is 0.419. The van der Waals surface area contributed by atoms with Crippen LogP contribution in [0.3, 0.4) is 0 Å². The maximum atomic E-state index is 10.6. The molecule has 0 aliphatic heterocycles. The van der Waals surface area contributed by atoms with Crippen LogP contribution < -0.4 is 0 Å². The summed E-state index contributed by atoms with van der Waals surface area (Å²) in [6.07, 6.45) is 0. The fraction of sp³-hybridized carbons (Fsp3) is 0. The molecule has 0 fully saturated rings. The van der Waals surface area contributed by atoms with Crippen LogP contribution in [0.25, 0.3) is 0 Å². The van der Waals surface area contributed by atoms with Crippen molar-refractivity contribution in [2.24, 2.45) is 0 Å². The van der Waals surface area contributed by atoms with Crippen molar-refractivity contribution in [3.63, 3.8) is 0 Å². The van der Waals surface area contributed by atoms with Crippen molar-refractivity contribution in [2.75, 3.05) is 0 Å². The number of hydrogen-bond acceptors (Lipinski definition) is 5. The Morgan fingerprint density at radius 3 is 1.21 bits per heavy atom. The van der Waals surface area contributed by atoms with Gasteiger partial charge in [-0.25, -0.2) is 13.2 Å². The van der Waals surface area contributed by atoms with Crippen molar-refractivity contribution in [1.29, 1.82) is 0 Å². The second-order valence-corrected chi connectivity index (χ2v) is 8.67. The van der Waals surface area contributed by atoms with Gasteiger partial charge in [0.2, 0.25) is 0 Å². The largest absolute Gasteiger partial charge is 0.486 e. The third kappa shape index (κ3) is 11.9. The minimum atomic E-state index is -5.05. The van der Waals surface area contributed by atoms with Crippen molar-refractivity contribution >= 4 is 44.9 Å². The maximum Gasteiger partial charge on any atom is 0.486 e. The molecule has 0 saturated heterocycles. The Morgan fingerprint density at radius 2 is 1.07 bits per heavy atom. The third-order valence-corrected chi connectivity index (χ3v) is 4.97. The van der Waals surface area contributed by atoms with E-state index in [1.807, 2.05) is 0 Å². The molecule has 82 valence electrons. The van der Waals surface area contributed by atoms with Crippen molar-refractivity contribution in [3.05, 3.63) is 0 Å². The predicted octanol–water partition coefficient (Wildman–Crippen LogP) is -0.464. The van der Waals surface area contributed by atoms with Gasteiger partial charge in [0.05, 0.1) is 0 Å². The van der Waals surface area contributed by atoms with Crippen molar-refractivity contribution in [3.8, 4) is 0 Å². The molecular weight excluding hydrogens is 350 g/mol. The first-order valence-electron chi connectivity index (χ1n) is 2.28. The number of phosphoric acid groups is 1. The van der Waals surface area contributed by atoms with E-state index in [9.17, 15) is 4.57 Å². The monoisotopic (exact) mass is 354 g/mol. The Bertz CT molecular complexity index is 285. The van der Waals surface area contributed by atoms with Gasteiger partial charge in [0.1, 0.15) is 0 Å². The van der Waals surface area contributed by atoms with E-state index in [1.165, 1.54) is 0 Å². The molecule has 0 aromatic carbocycles. The normalized spacial score (nSPS) is 13.5. The second kappa shape index (κ2) is 5.98. The van der Waals surface area contributed by atoms with Crippen molar-refractivity contribution in [1.82, 2.24) is 0 Å². The first-order valence-corrected chi connectivity index (χ1v) is 9.02. The van der Waals surface area contributed by atoms with Gasteiger partial charge in [-0.2, -0.15) is 0 Å². The SMILES string of the molecule is O=P(O)(OP(O)(O)=S)OP(O)(O)=S.[Zn]. The van der Waals surface area contributed by atoms with Crippen LogP contribution in [0.2, 0.25) is 0 Å². The molecular formula is H5O8P3S2Zn. The van der Waals surface area contributed by atoms with Gasteiger partial charge in [0.25, 0.3) is 0 Å². The summed E-state index contributed by atoms with van der Waals surface area (Å²) in [5.41, 5.74) is 0. The van der Waals surface area contributed by atoms with Crippen molar-refractivity contribution in [2.45, 2.75) is 0 Å². The van der Waals surface area contributed by atoms with Crippen LogP contribution in [0.1, 0.15) is 0 Å². The van der Waals surface area contributed by atoms with Crippen LogP contribution in [-0.4, -0.2) is 24.5 Å². The molecule has 0 heterocycles. The molecule has 0 atom stereocenters. The number of hydrogen-bond donors (Lipinski definition) is 5. The topological polar surface area (TPSA) is 137 Å². The van der Waals surface area contributed by atoms with Crippen LogP contribution in [-0.2, 0) is 56.3 Å². The summed E-state index contributed by atoms with van der Waals surface area (Å²) in [6.45, 7) is -8.86. The van der Waals surface area contributed by atoms with Gasteiger partial charge in [-0.1, -0.05) is 0 Å². The van der Waals surface area contributed by atoms with E-state index in [2.05, 4.69) is 32.2 Å². The Hall–Kier alpha value is 1.87. The Labute approximate surface area is 102 Å². The Balaban J connectivity index is 0. The summed E-state index contributed by atoms with van der Waals surface area (Å²) in [5.74, 6) is 0. The summed E-state index contributed by atoms with van der Waals surface area (Å²) in [7, 11) is -5.05. The molecule has 0 rings (SSSR count). The molecule has 8 nitrogen and oxygen atoms in total. The van der Waals surface area contributed by atoms with Crippen LogP contribution in [0.4, 0.5) is 0 Å². The zero-order chi connectivity index (χ0) is 10.9. The van der Waals surface area contributed by atoms with E-state index >= 15 is 0 Å². The summed E-state index contributed by atoms with van der Waals surface area (Å²) in [5, 5.41) is 0. The van der Waals surface area contributed by atoms with E-state index in [-0.39, 0.29) is 19.5 Å². The molecule has 0 unspecified atom stereocenters. The molecule has 0 aromatic rings. The van der Waals surface area contributed by atoms with Crippen molar-refractivity contribution < 1.29 is 57.1 Å². The molecule has 0 aliphatic rings. The average molecular weight is 355 g/mol. The maximum absolute atomic E-state index is 10.6. The van der Waals surface area contributed by atoms with E-state index in [0.717, 1.165) is 0 Å². The first kappa shape index (κ1) is 18.2. The summed E-state index contributed by atoms with van der Waals surface area (Å²) in [6, 6.07) is 0. The molecule has 0 bridgehead atoms. The average Bonchev–Trinajstić information content (AvgIpc) is 1.43. The van der Waals surface area contributed by atoms with E-state index < -0.39 is 21.3 Å². The van der Waals surface area contributed by atoms with Gasteiger partial charge in [-0.15, -0.1) is 0 Å². The van der Waals surface area contributed by atoms with Crippen LogP contribution >= 0.6 is 21.3 Å². The zero-order valence-electron chi connectivity index (χ0n) is 6.33. The van der Waals surface area contributed by atoms with Gasteiger partial charge in [0, 0.05) is 19.5 Å². The molecule has 0 aromatic heterocycles. The van der Waals surface area contributed by atoms with E-state index in [4.69, 9.17) is 24.5 Å². The predicted molar refractivity (Wildman–Crippen MR) is 49.4 cm³/mol. The standard InChI is InChI=1S/H5O8P3S2.Zn/c1-9(2,7-10(3,4)12)8-11(5,6)13;/h(H,1,2)(H2,3,4,12)(H2,5,6,13);. The molecule has 0 aliphatic carbocycles. The van der Waals surface area contributed by atoms with Gasteiger partial charge in [-0.05, 0) is 23.6 Å². The van der Waals surface area contributed by atoms with E-state index in [0.29, 0.717) is 0 Å². The van der Waals surface area contributed by atoms with Gasteiger partial charge < -0.3 is 24.5 Å². The Kier molecular flexibility index (Phi) is 7.80. The fourth-order valence-corrected chi connectivity index (χ4v) is 4.34. The zero-order valence-corrected chi connectivity index (χ0v) is 13.6. The first-order chi connectivity index (χ1) is 5.41. The molecule has 0 amide bonds. The number of rotatable bonds is 4. The van der Waals surface area contributed by atoms with Gasteiger partial charge >= 0.3 is 21.3 Å². The Morgan fingerprint density at radius 1 is 0.857 bits per heavy atom. The summed E-state index contributed by atoms with van der Waals surface area (Å²) in [4.78, 5) is 42.2. The fourth-order valence-electron chi connectivity index (χ4n) is 0.284.